The van der Waals surface area contributed by atoms with Gasteiger partial charge in [-0.15, -0.1) is 0 Å². The number of aromatic nitrogens is 2. The molecule has 2 amide bonds. The standard InChI is InChI=1S/C18H24N4O2/c1-12-10-13(2)22(21-12)16-7-5-4-6-15(16)19-17(24)20-18(3,11-23)14-8-9-14/h4-7,10,14,23H,8-9,11H2,1-3H3,(H2,19,20,24). The van der Waals surface area contributed by atoms with Gasteiger partial charge in [0.1, 0.15) is 0 Å². The second-order valence-electron chi connectivity index (χ2n) is 6.79. The van der Waals surface area contributed by atoms with E-state index >= 15 is 0 Å². The highest BCUT2D eigenvalue weighted by molar-refractivity contribution is 5.92. The van der Waals surface area contributed by atoms with Crippen molar-refractivity contribution in [1.29, 1.82) is 0 Å². The number of carbonyl (C=O) groups is 1. The summed E-state index contributed by atoms with van der Waals surface area (Å²) in [6.07, 6.45) is 2.08. The maximum Gasteiger partial charge on any atom is 0.319 e. The summed E-state index contributed by atoms with van der Waals surface area (Å²) in [5.41, 5.74) is 2.85. The van der Waals surface area contributed by atoms with Crippen LogP contribution in [0, 0.1) is 19.8 Å². The van der Waals surface area contributed by atoms with Crippen LogP contribution in [0.3, 0.4) is 0 Å². The van der Waals surface area contributed by atoms with Crippen LogP contribution in [0.4, 0.5) is 10.5 Å². The molecule has 2 aromatic rings. The summed E-state index contributed by atoms with van der Waals surface area (Å²) in [4.78, 5) is 12.4. The van der Waals surface area contributed by atoms with Gasteiger partial charge in [0.2, 0.25) is 0 Å². The molecule has 3 N–H and O–H groups in total. The molecule has 128 valence electrons. The number of hydrogen-bond donors (Lipinski definition) is 3. The maximum absolute atomic E-state index is 12.4. The predicted octanol–water partition coefficient (Wildman–Crippen LogP) is 2.77. The molecule has 3 rings (SSSR count). The van der Waals surface area contributed by atoms with Crippen LogP contribution in [0.5, 0.6) is 0 Å². The smallest absolute Gasteiger partial charge is 0.319 e. The molecule has 1 heterocycles. The Bertz CT molecular complexity index is 751. The molecule has 1 fully saturated rings. The second kappa shape index (κ2) is 6.28. The number of urea groups is 1. The number of aliphatic hydroxyl groups excluding tert-OH is 1. The predicted molar refractivity (Wildman–Crippen MR) is 93.4 cm³/mol. The molecule has 0 radical (unpaired) electrons. The first-order valence-electron chi connectivity index (χ1n) is 8.25. The lowest BCUT2D eigenvalue weighted by Gasteiger charge is -2.29. The topological polar surface area (TPSA) is 79.2 Å². The van der Waals surface area contributed by atoms with E-state index in [0.29, 0.717) is 11.6 Å². The van der Waals surface area contributed by atoms with Crippen molar-refractivity contribution in [3.8, 4) is 5.69 Å². The molecule has 1 aromatic heterocycles. The van der Waals surface area contributed by atoms with Gasteiger partial charge < -0.3 is 15.7 Å². The Morgan fingerprint density at radius 3 is 2.67 bits per heavy atom. The molecular weight excluding hydrogens is 304 g/mol. The molecule has 24 heavy (non-hydrogen) atoms. The van der Waals surface area contributed by atoms with E-state index in [-0.39, 0.29) is 12.6 Å². The van der Waals surface area contributed by atoms with Crippen molar-refractivity contribution in [2.24, 2.45) is 5.92 Å². The van der Waals surface area contributed by atoms with Crippen molar-refractivity contribution < 1.29 is 9.90 Å². The number of para-hydroxylation sites is 2. The van der Waals surface area contributed by atoms with Gasteiger partial charge in [0.15, 0.2) is 0 Å². The Hall–Kier alpha value is -2.34. The number of carbonyl (C=O) groups excluding carboxylic acids is 1. The van der Waals surface area contributed by atoms with E-state index in [2.05, 4.69) is 15.7 Å². The molecule has 0 bridgehead atoms. The van der Waals surface area contributed by atoms with Gasteiger partial charge in [-0.3, -0.25) is 0 Å². The number of hydrogen-bond acceptors (Lipinski definition) is 3. The lowest BCUT2D eigenvalue weighted by Crippen LogP contribution is -2.52. The Morgan fingerprint density at radius 1 is 1.38 bits per heavy atom. The molecular formula is C18H24N4O2. The Kier molecular flexibility index (Phi) is 4.32. The maximum atomic E-state index is 12.4. The molecule has 1 aliphatic carbocycles. The highest BCUT2D eigenvalue weighted by Gasteiger charge is 2.42. The van der Waals surface area contributed by atoms with Crippen molar-refractivity contribution in [1.82, 2.24) is 15.1 Å². The zero-order chi connectivity index (χ0) is 17.3. The molecule has 0 saturated heterocycles. The fourth-order valence-electron chi connectivity index (χ4n) is 3.04. The minimum atomic E-state index is -0.572. The summed E-state index contributed by atoms with van der Waals surface area (Å²) in [5.74, 6) is 0.347. The number of aryl methyl sites for hydroxylation is 2. The Balaban J connectivity index is 1.80. The summed E-state index contributed by atoms with van der Waals surface area (Å²) < 4.78 is 1.82. The Labute approximate surface area is 141 Å². The van der Waals surface area contributed by atoms with Crippen molar-refractivity contribution in [3.63, 3.8) is 0 Å². The van der Waals surface area contributed by atoms with Crippen molar-refractivity contribution >= 4 is 11.7 Å². The van der Waals surface area contributed by atoms with Crippen LogP contribution in [0.25, 0.3) is 5.69 Å². The van der Waals surface area contributed by atoms with E-state index < -0.39 is 5.54 Å². The number of aliphatic hydroxyl groups is 1. The van der Waals surface area contributed by atoms with E-state index in [1.807, 2.05) is 55.8 Å². The molecule has 6 nitrogen and oxygen atoms in total. The minimum Gasteiger partial charge on any atom is -0.394 e. The Morgan fingerprint density at radius 2 is 2.08 bits per heavy atom. The molecule has 0 spiro atoms. The first-order valence-corrected chi connectivity index (χ1v) is 8.25. The van der Waals surface area contributed by atoms with Crippen LogP contribution in [0.1, 0.15) is 31.2 Å². The average Bonchev–Trinajstić information content (AvgIpc) is 3.34. The van der Waals surface area contributed by atoms with Crippen LogP contribution in [-0.2, 0) is 0 Å². The van der Waals surface area contributed by atoms with Gasteiger partial charge in [0.05, 0.1) is 29.2 Å². The summed E-state index contributed by atoms with van der Waals surface area (Å²) in [7, 11) is 0. The highest BCUT2D eigenvalue weighted by Crippen LogP contribution is 2.39. The first-order chi connectivity index (χ1) is 11.4. The van der Waals surface area contributed by atoms with Gasteiger partial charge in [-0.05, 0) is 57.7 Å². The second-order valence-corrected chi connectivity index (χ2v) is 6.79. The van der Waals surface area contributed by atoms with Crippen LogP contribution in [-0.4, -0.2) is 33.1 Å². The monoisotopic (exact) mass is 328 g/mol. The molecule has 1 unspecified atom stereocenters. The fraction of sp³-hybridized carbons (Fsp3) is 0.444. The zero-order valence-corrected chi connectivity index (χ0v) is 14.3. The highest BCUT2D eigenvalue weighted by atomic mass is 16.3. The van der Waals surface area contributed by atoms with Crippen LogP contribution in [0.15, 0.2) is 30.3 Å². The number of anilines is 1. The summed E-state index contributed by atoms with van der Waals surface area (Å²) in [6.45, 7) is 5.74. The number of amides is 2. The van der Waals surface area contributed by atoms with Gasteiger partial charge in [-0.1, -0.05) is 12.1 Å². The third-order valence-electron chi connectivity index (χ3n) is 4.60. The molecule has 6 heteroatoms. The van der Waals surface area contributed by atoms with Crippen LogP contribution < -0.4 is 10.6 Å². The normalized spacial score (nSPS) is 16.5. The van der Waals surface area contributed by atoms with Crippen LogP contribution >= 0.6 is 0 Å². The lowest BCUT2D eigenvalue weighted by atomic mass is 9.97. The largest absolute Gasteiger partial charge is 0.394 e. The van der Waals surface area contributed by atoms with E-state index in [9.17, 15) is 9.90 Å². The van der Waals surface area contributed by atoms with Gasteiger partial charge in [0.25, 0.3) is 0 Å². The molecule has 1 saturated carbocycles. The van der Waals surface area contributed by atoms with E-state index in [0.717, 1.165) is 29.9 Å². The number of benzene rings is 1. The first kappa shape index (κ1) is 16.5. The minimum absolute atomic E-state index is 0.0653. The quantitative estimate of drug-likeness (QED) is 0.789. The van der Waals surface area contributed by atoms with Crippen molar-refractivity contribution in [2.75, 3.05) is 11.9 Å². The number of nitrogens with one attached hydrogen (secondary N) is 2. The number of rotatable bonds is 5. The van der Waals surface area contributed by atoms with E-state index in [1.54, 1.807) is 0 Å². The third-order valence-corrected chi connectivity index (χ3v) is 4.60. The molecule has 1 aliphatic rings. The summed E-state index contributed by atoms with van der Waals surface area (Å²) >= 11 is 0. The van der Waals surface area contributed by atoms with Crippen molar-refractivity contribution in [3.05, 3.63) is 41.7 Å². The average molecular weight is 328 g/mol. The molecule has 1 atom stereocenters. The van der Waals surface area contributed by atoms with E-state index in [4.69, 9.17) is 0 Å². The number of nitrogens with zero attached hydrogens (tertiary/aromatic N) is 2. The van der Waals surface area contributed by atoms with Gasteiger partial charge >= 0.3 is 6.03 Å². The van der Waals surface area contributed by atoms with Crippen molar-refractivity contribution in [2.45, 2.75) is 39.2 Å². The lowest BCUT2D eigenvalue weighted by molar-refractivity contribution is 0.159. The SMILES string of the molecule is Cc1cc(C)n(-c2ccccc2NC(=O)NC(C)(CO)C2CC2)n1. The summed E-state index contributed by atoms with van der Waals surface area (Å²) in [6, 6.07) is 9.23. The van der Waals surface area contributed by atoms with Gasteiger partial charge in [-0.2, -0.15) is 5.10 Å². The van der Waals surface area contributed by atoms with Gasteiger partial charge in [-0.25, -0.2) is 9.48 Å². The van der Waals surface area contributed by atoms with Gasteiger partial charge in [0, 0.05) is 5.69 Å². The van der Waals surface area contributed by atoms with E-state index in [1.165, 1.54) is 0 Å². The third kappa shape index (κ3) is 3.28. The molecule has 1 aromatic carbocycles. The summed E-state index contributed by atoms with van der Waals surface area (Å²) in [5, 5.41) is 19.9. The van der Waals surface area contributed by atoms with Crippen LogP contribution in [0.2, 0.25) is 0 Å². The fourth-order valence-corrected chi connectivity index (χ4v) is 3.04. The zero-order valence-electron chi connectivity index (χ0n) is 14.3. The molecule has 0 aliphatic heterocycles.